The molecular formula is C33H28F5N3O6. The van der Waals surface area contributed by atoms with Crippen LogP contribution in [-0.4, -0.2) is 31.3 Å². The highest BCUT2D eigenvalue weighted by molar-refractivity contribution is 5.83. The molecule has 0 spiro atoms. The Balaban J connectivity index is 1.33. The number of halogens is 5. The van der Waals surface area contributed by atoms with Crippen molar-refractivity contribution in [2.75, 3.05) is 6.61 Å². The van der Waals surface area contributed by atoms with Gasteiger partial charge in [0.05, 0.1) is 17.6 Å². The molecule has 0 saturated carbocycles. The molecular weight excluding hydrogens is 629 g/mol. The number of rotatable bonds is 13. The first-order valence-corrected chi connectivity index (χ1v) is 14.0. The van der Waals surface area contributed by atoms with E-state index >= 15 is 8.78 Å². The topological polar surface area (TPSA) is 107 Å². The lowest BCUT2D eigenvalue weighted by molar-refractivity contribution is -0.274. The van der Waals surface area contributed by atoms with Gasteiger partial charge in [-0.2, -0.15) is 0 Å². The molecule has 0 bridgehead atoms. The second-order valence-corrected chi connectivity index (χ2v) is 9.61. The van der Waals surface area contributed by atoms with Crippen molar-refractivity contribution >= 4 is 24.0 Å². The number of ether oxygens (including phenoxy) is 4. The van der Waals surface area contributed by atoms with Gasteiger partial charge >= 0.3 is 12.5 Å². The van der Waals surface area contributed by atoms with E-state index in [0.29, 0.717) is 11.3 Å². The van der Waals surface area contributed by atoms with Crippen LogP contribution in [0.15, 0.2) is 96.0 Å². The molecule has 0 radical (unpaired) electrons. The predicted molar refractivity (Wildman–Crippen MR) is 160 cm³/mol. The number of amides is 2. The van der Waals surface area contributed by atoms with Gasteiger partial charge in [-0.15, -0.1) is 13.2 Å². The molecule has 0 heterocycles. The van der Waals surface area contributed by atoms with E-state index in [0.717, 1.165) is 29.8 Å². The van der Waals surface area contributed by atoms with Crippen LogP contribution in [-0.2, 0) is 27.4 Å². The third-order valence-corrected chi connectivity index (χ3v) is 6.17. The average molecular weight is 658 g/mol. The maximum atomic E-state index is 15.1. The summed E-state index contributed by atoms with van der Waals surface area (Å²) in [4.78, 5) is 28.9. The first kappa shape index (κ1) is 34.4. The minimum Gasteiger partial charge on any atom is -0.457 e. The SMILES string of the molecule is CCOC(C(=O)NCc1ccc(N=CNC(=O)OCc2ccccc2)cc1)c1c(F)cc(Oc2cccc(OC(F)(F)F)c2)cc1F. The van der Waals surface area contributed by atoms with Crippen LogP contribution in [0.25, 0.3) is 0 Å². The van der Waals surface area contributed by atoms with Crippen LogP contribution in [0.4, 0.5) is 32.4 Å². The van der Waals surface area contributed by atoms with E-state index in [-0.39, 0.29) is 31.3 Å². The normalized spacial score (nSPS) is 12.0. The van der Waals surface area contributed by atoms with E-state index in [2.05, 4.69) is 20.4 Å². The number of nitrogens with zero attached hydrogens (tertiary/aromatic N) is 1. The van der Waals surface area contributed by atoms with Crippen LogP contribution < -0.4 is 20.1 Å². The van der Waals surface area contributed by atoms with Gasteiger partial charge in [-0.3, -0.25) is 10.1 Å². The average Bonchev–Trinajstić information content (AvgIpc) is 3.02. The maximum Gasteiger partial charge on any atom is 0.573 e. The minimum atomic E-state index is -4.94. The Morgan fingerprint density at radius 1 is 0.851 bits per heavy atom. The van der Waals surface area contributed by atoms with Gasteiger partial charge in [-0.05, 0) is 42.3 Å². The molecule has 0 fully saturated rings. The van der Waals surface area contributed by atoms with Crippen molar-refractivity contribution < 1.29 is 50.5 Å². The predicted octanol–water partition coefficient (Wildman–Crippen LogP) is 7.64. The molecule has 0 aliphatic heterocycles. The van der Waals surface area contributed by atoms with Crippen molar-refractivity contribution in [3.8, 4) is 17.2 Å². The Hall–Kier alpha value is -5.50. The Bertz CT molecular complexity index is 1660. The molecule has 0 aromatic heterocycles. The zero-order valence-electron chi connectivity index (χ0n) is 24.7. The van der Waals surface area contributed by atoms with Gasteiger partial charge in [0.15, 0.2) is 6.10 Å². The number of aliphatic imine (C=N–C) groups is 1. The highest BCUT2D eigenvalue weighted by Crippen LogP contribution is 2.33. The largest absolute Gasteiger partial charge is 0.573 e. The van der Waals surface area contributed by atoms with Gasteiger partial charge < -0.3 is 24.3 Å². The van der Waals surface area contributed by atoms with Crippen molar-refractivity contribution in [3.63, 3.8) is 0 Å². The van der Waals surface area contributed by atoms with Gasteiger partial charge in [0.25, 0.3) is 5.91 Å². The molecule has 0 saturated heterocycles. The zero-order chi connectivity index (χ0) is 33.8. The van der Waals surface area contributed by atoms with E-state index in [1.807, 2.05) is 30.3 Å². The summed E-state index contributed by atoms with van der Waals surface area (Å²) in [5.41, 5.74) is 1.27. The number of nitrogens with one attached hydrogen (secondary N) is 2. The molecule has 1 unspecified atom stereocenters. The van der Waals surface area contributed by atoms with E-state index in [4.69, 9.17) is 14.2 Å². The minimum absolute atomic E-state index is 0.0166. The highest BCUT2D eigenvalue weighted by atomic mass is 19.4. The van der Waals surface area contributed by atoms with Gasteiger partial charge in [0, 0.05) is 31.4 Å². The number of hydrogen-bond acceptors (Lipinski definition) is 7. The Labute approximate surface area is 265 Å². The Kier molecular flexibility index (Phi) is 11.8. The van der Waals surface area contributed by atoms with Crippen molar-refractivity contribution in [2.45, 2.75) is 32.5 Å². The van der Waals surface area contributed by atoms with Crippen LogP contribution >= 0.6 is 0 Å². The summed E-state index contributed by atoms with van der Waals surface area (Å²) in [6, 6.07) is 21.7. The number of carbonyl (C=O) groups is 2. The summed E-state index contributed by atoms with van der Waals surface area (Å²) in [5, 5.41) is 4.97. The van der Waals surface area contributed by atoms with Crippen molar-refractivity contribution in [2.24, 2.45) is 4.99 Å². The first-order valence-electron chi connectivity index (χ1n) is 14.0. The fourth-order valence-electron chi connectivity index (χ4n) is 4.10. The molecule has 14 heteroatoms. The molecule has 0 aliphatic rings. The number of alkyl halides is 3. The van der Waals surface area contributed by atoms with Gasteiger partial charge in [0.1, 0.15) is 35.5 Å². The summed E-state index contributed by atoms with van der Waals surface area (Å²) < 4.78 is 87.4. The lowest BCUT2D eigenvalue weighted by atomic mass is 10.1. The monoisotopic (exact) mass is 657 g/mol. The van der Waals surface area contributed by atoms with E-state index in [1.54, 1.807) is 31.2 Å². The molecule has 9 nitrogen and oxygen atoms in total. The molecule has 2 N–H and O–H groups in total. The fraction of sp³-hybridized carbons (Fsp3) is 0.182. The fourth-order valence-corrected chi connectivity index (χ4v) is 4.10. The number of alkyl carbamates (subject to hydrolysis) is 1. The quantitative estimate of drug-likeness (QED) is 0.0870. The second-order valence-electron chi connectivity index (χ2n) is 9.61. The molecule has 1 atom stereocenters. The van der Waals surface area contributed by atoms with Crippen LogP contribution in [0.5, 0.6) is 17.2 Å². The molecule has 246 valence electrons. The number of hydrogen-bond donors (Lipinski definition) is 2. The number of benzene rings is 4. The molecule has 4 aromatic carbocycles. The van der Waals surface area contributed by atoms with Crippen molar-refractivity contribution in [3.05, 3.63) is 119 Å². The van der Waals surface area contributed by atoms with Gasteiger partial charge in [0.2, 0.25) is 0 Å². The molecule has 2 amide bonds. The summed E-state index contributed by atoms with van der Waals surface area (Å²) in [6.45, 7) is 1.58. The summed E-state index contributed by atoms with van der Waals surface area (Å²) >= 11 is 0. The van der Waals surface area contributed by atoms with Crippen LogP contribution in [0.2, 0.25) is 0 Å². The zero-order valence-corrected chi connectivity index (χ0v) is 24.7. The van der Waals surface area contributed by atoms with Crippen LogP contribution in [0.1, 0.15) is 29.7 Å². The molecule has 4 rings (SSSR count). The standard InChI is InChI=1S/C33H28F5N3O6/c1-2-44-30(29-27(34)16-26(17-28(29)35)46-24-9-6-10-25(15-24)47-33(36,37)38)31(42)39-18-21-11-13-23(14-12-21)40-20-41-32(43)45-19-22-7-4-3-5-8-22/h3-17,20,30H,2,18-19H2,1H3,(H,39,42)(H,40,41,43). The van der Waals surface area contributed by atoms with Crippen LogP contribution in [0, 0.1) is 11.6 Å². The molecule has 4 aromatic rings. The van der Waals surface area contributed by atoms with E-state index in [9.17, 15) is 22.8 Å². The summed E-state index contributed by atoms with van der Waals surface area (Å²) in [6.07, 6.45) is -6.10. The number of carbonyl (C=O) groups excluding carboxylic acids is 2. The lowest BCUT2D eigenvalue weighted by Crippen LogP contribution is -2.31. The van der Waals surface area contributed by atoms with Crippen LogP contribution in [0.3, 0.4) is 0 Å². The highest BCUT2D eigenvalue weighted by Gasteiger charge is 2.31. The summed E-state index contributed by atoms with van der Waals surface area (Å²) in [7, 11) is 0. The van der Waals surface area contributed by atoms with Crippen molar-refractivity contribution in [1.29, 1.82) is 0 Å². The third kappa shape index (κ3) is 10.8. The first-order chi connectivity index (χ1) is 22.5. The Morgan fingerprint density at radius 2 is 1.53 bits per heavy atom. The summed E-state index contributed by atoms with van der Waals surface area (Å²) in [5.74, 6) is -4.29. The van der Waals surface area contributed by atoms with E-state index < -0.39 is 47.4 Å². The lowest BCUT2D eigenvalue weighted by Gasteiger charge is -2.19. The smallest absolute Gasteiger partial charge is 0.457 e. The maximum absolute atomic E-state index is 15.1. The second kappa shape index (κ2) is 16.2. The van der Waals surface area contributed by atoms with E-state index in [1.165, 1.54) is 18.5 Å². The van der Waals surface area contributed by atoms with Gasteiger partial charge in [-0.25, -0.2) is 18.6 Å². The molecule has 0 aliphatic carbocycles. The van der Waals surface area contributed by atoms with Crippen molar-refractivity contribution in [1.82, 2.24) is 10.6 Å². The third-order valence-electron chi connectivity index (χ3n) is 6.17. The van der Waals surface area contributed by atoms with Gasteiger partial charge in [-0.1, -0.05) is 48.5 Å². The Morgan fingerprint density at radius 3 is 2.19 bits per heavy atom. The molecule has 47 heavy (non-hydrogen) atoms.